The summed E-state index contributed by atoms with van der Waals surface area (Å²) in [5.74, 6) is -0.940. The van der Waals surface area contributed by atoms with Crippen LogP contribution in [0.1, 0.15) is 232 Å². The van der Waals surface area contributed by atoms with Gasteiger partial charge in [0.15, 0.2) is 0 Å². The van der Waals surface area contributed by atoms with Gasteiger partial charge in [-0.3, -0.25) is 9.59 Å². The average Bonchev–Trinajstić information content (AvgIpc) is 2.99. The van der Waals surface area contributed by atoms with Crippen molar-refractivity contribution in [3.8, 4) is 0 Å². The van der Waals surface area contributed by atoms with E-state index in [2.05, 4.69) is 13.8 Å². The van der Waals surface area contributed by atoms with Gasteiger partial charge in [0.1, 0.15) is 6.10 Å². The van der Waals surface area contributed by atoms with Crippen molar-refractivity contribution < 1.29 is 19.4 Å². The molecule has 0 heterocycles. The Bertz CT molecular complexity index is 576. The van der Waals surface area contributed by atoms with Gasteiger partial charge < -0.3 is 9.84 Å². The monoisotopic (exact) mass is 609 g/mol. The molecule has 0 radical (unpaired) electrons. The van der Waals surface area contributed by atoms with E-state index in [1.807, 2.05) is 0 Å². The lowest BCUT2D eigenvalue weighted by Crippen LogP contribution is -2.19. The summed E-state index contributed by atoms with van der Waals surface area (Å²) < 4.78 is 5.73. The molecule has 0 saturated heterocycles. The Morgan fingerprint density at radius 1 is 0.419 bits per heavy atom. The first kappa shape index (κ1) is 41.9. The van der Waals surface area contributed by atoms with Crippen molar-refractivity contribution in [3.05, 3.63) is 0 Å². The summed E-state index contributed by atoms with van der Waals surface area (Å²) in [6.07, 6.45) is 41.2. The second-order valence-electron chi connectivity index (χ2n) is 13.5. The van der Waals surface area contributed by atoms with E-state index in [0.717, 1.165) is 32.1 Å². The third-order valence-electron chi connectivity index (χ3n) is 9.09. The first-order chi connectivity index (χ1) is 21.1. The molecule has 0 aromatic heterocycles. The van der Waals surface area contributed by atoms with E-state index in [9.17, 15) is 9.59 Å². The highest BCUT2D eigenvalue weighted by molar-refractivity contribution is 5.69. The highest BCUT2D eigenvalue weighted by atomic mass is 16.5. The summed E-state index contributed by atoms with van der Waals surface area (Å²) in [4.78, 5) is 23.5. The molecule has 0 saturated carbocycles. The van der Waals surface area contributed by atoms with Crippen molar-refractivity contribution in [2.24, 2.45) is 0 Å². The number of hydrogen-bond donors (Lipinski definition) is 1. The number of rotatable bonds is 36. The first-order valence-electron chi connectivity index (χ1n) is 19.5. The zero-order chi connectivity index (χ0) is 31.5. The van der Waals surface area contributed by atoms with Crippen molar-refractivity contribution in [2.75, 3.05) is 0 Å². The number of unbranched alkanes of at least 4 members (excludes halogenated alkanes) is 28. The molecule has 1 unspecified atom stereocenters. The number of aliphatic carboxylic acids is 1. The van der Waals surface area contributed by atoms with Crippen molar-refractivity contribution in [2.45, 2.75) is 238 Å². The second kappa shape index (κ2) is 35.4. The molecule has 256 valence electrons. The number of carbonyl (C=O) groups is 2. The zero-order valence-corrected chi connectivity index (χ0v) is 29.3. The highest BCUT2D eigenvalue weighted by Gasteiger charge is 2.16. The van der Waals surface area contributed by atoms with E-state index < -0.39 is 5.97 Å². The van der Waals surface area contributed by atoms with Gasteiger partial charge in [-0.15, -0.1) is 0 Å². The Morgan fingerprint density at radius 3 is 1.05 bits per heavy atom. The van der Waals surface area contributed by atoms with Gasteiger partial charge in [-0.1, -0.05) is 194 Å². The number of ether oxygens (including phenoxy) is 1. The Hall–Kier alpha value is -1.06. The van der Waals surface area contributed by atoms with Crippen LogP contribution in [-0.4, -0.2) is 23.1 Å². The van der Waals surface area contributed by atoms with Crippen LogP contribution in [0.3, 0.4) is 0 Å². The summed E-state index contributed by atoms with van der Waals surface area (Å²) in [6, 6.07) is 0. The van der Waals surface area contributed by atoms with Gasteiger partial charge in [0, 0.05) is 12.8 Å². The Balaban J connectivity index is 3.67. The molecule has 0 aliphatic heterocycles. The van der Waals surface area contributed by atoms with Crippen LogP contribution in [0.4, 0.5) is 0 Å². The smallest absolute Gasteiger partial charge is 0.306 e. The van der Waals surface area contributed by atoms with Crippen molar-refractivity contribution in [3.63, 3.8) is 0 Å². The lowest BCUT2D eigenvalue weighted by molar-refractivity contribution is -0.151. The maximum atomic E-state index is 12.4. The van der Waals surface area contributed by atoms with Crippen LogP contribution in [0.2, 0.25) is 0 Å². The predicted molar refractivity (Wildman–Crippen MR) is 186 cm³/mol. The third-order valence-corrected chi connectivity index (χ3v) is 9.09. The minimum Gasteiger partial charge on any atom is -0.481 e. The van der Waals surface area contributed by atoms with Gasteiger partial charge >= 0.3 is 11.9 Å². The summed E-state index contributed by atoms with van der Waals surface area (Å²) >= 11 is 0. The topological polar surface area (TPSA) is 63.6 Å². The van der Waals surface area contributed by atoms with E-state index in [4.69, 9.17) is 9.84 Å². The summed E-state index contributed by atoms with van der Waals surface area (Å²) in [5, 5.41) is 9.11. The molecule has 0 amide bonds. The van der Waals surface area contributed by atoms with Gasteiger partial charge in [-0.05, 0) is 25.7 Å². The third kappa shape index (κ3) is 35.3. The molecule has 4 heteroatoms. The normalized spacial score (nSPS) is 12.0. The maximum Gasteiger partial charge on any atom is 0.306 e. The SMILES string of the molecule is CCCCCCCCCCCCCCCCCCCCC(CCC(=O)O)OC(=O)CCCCCCCCCCCCCC. The molecule has 0 fully saturated rings. The Morgan fingerprint density at radius 2 is 0.721 bits per heavy atom. The molecule has 0 aliphatic carbocycles. The summed E-state index contributed by atoms with van der Waals surface area (Å²) in [6.45, 7) is 4.55. The molecule has 1 N–H and O–H groups in total. The Labute approximate surface area is 269 Å². The van der Waals surface area contributed by atoms with Crippen LogP contribution in [-0.2, 0) is 14.3 Å². The van der Waals surface area contributed by atoms with Gasteiger partial charge in [0.2, 0.25) is 0 Å². The average molecular weight is 609 g/mol. The quantitative estimate of drug-likeness (QED) is 0.0567. The number of carboxylic acid groups (broad SMARTS) is 1. The van der Waals surface area contributed by atoms with E-state index in [1.54, 1.807) is 0 Å². The summed E-state index contributed by atoms with van der Waals surface area (Å²) in [7, 11) is 0. The fourth-order valence-electron chi connectivity index (χ4n) is 6.18. The Kier molecular flexibility index (Phi) is 34.5. The zero-order valence-electron chi connectivity index (χ0n) is 29.3. The van der Waals surface area contributed by atoms with Crippen LogP contribution < -0.4 is 0 Å². The fourth-order valence-corrected chi connectivity index (χ4v) is 6.18. The molecule has 0 rings (SSSR count). The van der Waals surface area contributed by atoms with Crippen molar-refractivity contribution in [1.82, 2.24) is 0 Å². The maximum absolute atomic E-state index is 12.4. The first-order valence-corrected chi connectivity index (χ1v) is 19.5. The minimum absolute atomic E-state index is 0.0790. The van der Waals surface area contributed by atoms with E-state index >= 15 is 0 Å². The van der Waals surface area contributed by atoms with Crippen LogP contribution in [0.15, 0.2) is 0 Å². The number of carboxylic acids is 1. The molecule has 0 aromatic rings. The van der Waals surface area contributed by atoms with Crippen molar-refractivity contribution in [1.29, 1.82) is 0 Å². The van der Waals surface area contributed by atoms with Crippen molar-refractivity contribution >= 4 is 11.9 Å². The number of hydrogen-bond acceptors (Lipinski definition) is 3. The van der Waals surface area contributed by atoms with Crippen LogP contribution >= 0.6 is 0 Å². The highest BCUT2D eigenvalue weighted by Crippen LogP contribution is 2.18. The lowest BCUT2D eigenvalue weighted by Gasteiger charge is -2.17. The van der Waals surface area contributed by atoms with Crippen LogP contribution in [0.25, 0.3) is 0 Å². The number of esters is 1. The molecule has 4 nitrogen and oxygen atoms in total. The lowest BCUT2D eigenvalue weighted by atomic mass is 10.0. The number of carbonyl (C=O) groups excluding carboxylic acids is 1. The van der Waals surface area contributed by atoms with E-state index in [-0.39, 0.29) is 18.5 Å². The molecule has 43 heavy (non-hydrogen) atoms. The van der Waals surface area contributed by atoms with E-state index in [0.29, 0.717) is 12.8 Å². The van der Waals surface area contributed by atoms with Gasteiger partial charge in [-0.25, -0.2) is 0 Å². The second-order valence-corrected chi connectivity index (χ2v) is 13.5. The molecule has 0 aliphatic rings. The van der Waals surface area contributed by atoms with Gasteiger partial charge in [-0.2, -0.15) is 0 Å². The van der Waals surface area contributed by atoms with Crippen LogP contribution in [0.5, 0.6) is 0 Å². The molecular weight excluding hydrogens is 532 g/mol. The molecule has 0 aromatic carbocycles. The molecule has 1 atom stereocenters. The largest absolute Gasteiger partial charge is 0.481 e. The molecule has 0 spiro atoms. The van der Waals surface area contributed by atoms with Gasteiger partial charge in [0.05, 0.1) is 0 Å². The van der Waals surface area contributed by atoms with E-state index in [1.165, 1.54) is 167 Å². The predicted octanol–water partition coefficient (Wildman–Crippen LogP) is 13.3. The summed E-state index contributed by atoms with van der Waals surface area (Å²) in [5.41, 5.74) is 0. The standard InChI is InChI=1S/C39H76O4/c1-3-5-7-9-11-13-15-17-18-19-20-21-22-23-25-27-29-31-33-37(35-36-38(40)41)43-39(42)34-32-30-28-26-24-16-14-12-10-8-6-4-2/h37H,3-36H2,1-2H3,(H,40,41). The molecule has 0 bridgehead atoms. The fraction of sp³-hybridized carbons (Fsp3) is 0.949. The van der Waals surface area contributed by atoms with Gasteiger partial charge in [0.25, 0.3) is 0 Å². The molecular formula is C39H76O4. The van der Waals surface area contributed by atoms with Crippen LogP contribution in [0, 0.1) is 0 Å². The minimum atomic E-state index is -0.806.